The minimum atomic E-state index is 0.0376. The van der Waals surface area contributed by atoms with Crippen LogP contribution in [0.3, 0.4) is 0 Å². The number of hydrogen-bond donors (Lipinski definition) is 1. The lowest BCUT2D eigenvalue weighted by atomic mass is 9.98. The first kappa shape index (κ1) is 22.9. The van der Waals surface area contributed by atoms with Crippen LogP contribution in [-0.4, -0.2) is 14.5 Å². The lowest BCUT2D eigenvalue weighted by Gasteiger charge is -2.15. The minimum Gasteiger partial charge on any atom is -0.398 e. The third-order valence-electron chi connectivity index (χ3n) is 5.90. The van der Waals surface area contributed by atoms with E-state index in [2.05, 4.69) is 36.2 Å². The summed E-state index contributed by atoms with van der Waals surface area (Å²) in [5, 5.41) is 3.02. The number of benzene rings is 2. The third-order valence-corrected chi connectivity index (χ3v) is 6.72. The summed E-state index contributed by atoms with van der Waals surface area (Å²) in [6.07, 6.45) is 3.46. The van der Waals surface area contributed by atoms with Crippen LogP contribution in [0, 0.1) is 13.8 Å². The van der Waals surface area contributed by atoms with Crippen molar-refractivity contribution in [2.24, 2.45) is 0 Å². The van der Waals surface area contributed by atoms with Gasteiger partial charge in [-0.25, -0.2) is 9.97 Å². The summed E-state index contributed by atoms with van der Waals surface area (Å²) in [6, 6.07) is 16.2. The van der Waals surface area contributed by atoms with Crippen molar-refractivity contribution in [3.8, 4) is 11.1 Å². The number of rotatable bonds is 8. The average molecular weight is 459 g/mol. The first-order valence-electron chi connectivity index (χ1n) is 11.4. The molecule has 0 aliphatic heterocycles. The van der Waals surface area contributed by atoms with E-state index in [4.69, 9.17) is 10.7 Å². The van der Waals surface area contributed by atoms with Gasteiger partial charge in [0.2, 0.25) is 0 Å². The van der Waals surface area contributed by atoms with Crippen molar-refractivity contribution in [3.63, 3.8) is 0 Å². The molecule has 0 radical (unpaired) electrons. The Labute approximate surface area is 199 Å². The Kier molecular flexibility index (Phi) is 7.04. The number of hydrogen-bond acceptors (Lipinski definition) is 5. The van der Waals surface area contributed by atoms with Gasteiger partial charge in [0.05, 0.1) is 22.9 Å². The molecule has 0 spiro atoms. The van der Waals surface area contributed by atoms with Crippen LogP contribution in [-0.2, 0) is 19.4 Å². The number of thiazole rings is 1. The summed E-state index contributed by atoms with van der Waals surface area (Å²) in [5.74, 6) is 0.746. The molecular formula is C27H30N4OS. The summed E-state index contributed by atoms with van der Waals surface area (Å²) in [7, 11) is 0. The van der Waals surface area contributed by atoms with E-state index < -0.39 is 0 Å². The highest BCUT2D eigenvalue weighted by molar-refractivity contribution is 7.09. The highest BCUT2D eigenvalue weighted by Gasteiger charge is 2.16. The third kappa shape index (κ3) is 5.22. The normalized spacial score (nSPS) is 11.1. The molecule has 33 heavy (non-hydrogen) atoms. The number of nitrogens with zero attached hydrogens (tertiary/aromatic N) is 3. The molecule has 6 heteroatoms. The number of anilines is 1. The van der Waals surface area contributed by atoms with Crippen molar-refractivity contribution in [1.82, 2.24) is 14.5 Å². The second kappa shape index (κ2) is 10.1. The molecule has 4 rings (SSSR count). The van der Waals surface area contributed by atoms with Gasteiger partial charge in [-0.15, -0.1) is 11.3 Å². The Morgan fingerprint density at radius 1 is 1.03 bits per heavy atom. The molecule has 0 atom stereocenters. The molecule has 0 saturated carbocycles. The van der Waals surface area contributed by atoms with Gasteiger partial charge in [-0.3, -0.25) is 9.36 Å². The van der Waals surface area contributed by atoms with E-state index in [1.165, 1.54) is 0 Å². The Morgan fingerprint density at radius 2 is 1.79 bits per heavy atom. The van der Waals surface area contributed by atoms with Crippen LogP contribution in [0.15, 0.2) is 58.7 Å². The van der Waals surface area contributed by atoms with Crippen molar-refractivity contribution in [3.05, 3.63) is 97.6 Å². The molecule has 2 N–H and O–H groups in total. The van der Waals surface area contributed by atoms with Gasteiger partial charge in [0.25, 0.3) is 5.56 Å². The molecule has 2 aromatic heterocycles. The number of nitrogens with two attached hydrogens (primary N) is 1. The Bertz CT molecular complexity index is 1300. The summed E-state index contributed by atoms with van der Waals surface area (Å²) in [5.41, 5.74) is 12.7. The first-order chi connectivity index (χ1) is 16.0. The molecule has 0 saturated heterocycles. The average Bonchev–Trinajstić information content (AvgIpc) is 3.23. The molecule has 0 amide bonds. The van der Waals surface area contributed by atoms with E-state index in [-0.39, 0.29) is 5.56 Å². The Morgan fingerprint density at radius 3 is 2.45 bits per heavy atom. The van der Waals surface area contributed by atoms with Crippen LogP contribution in [0.25, 0.3) is 11.1 Å². The van der Waals surface area contributed by atoms with Gasteiger partial charge in [-0.05, 0) is 43.9 Å². The summed E-state index contributed by atoms with van der Waals surface area (Å²) >= 11 is 1.60. The molecule has 4 aromatic rings. The SMILES string of the molecule is CCCCc1nc(C)n(Cc2csc(C)n2)c(=O)c1Cc1ccc(-c2ccccc2N)cc1. The second-order valence-electron chi connectivity index (χ2n) is 8.40. The van der Waals surface area contributed by atoms with Gasteiger partial charge < -0.3 is 5.73 Å². The Balaban J connectivity index is 1.68. The van der Waals surface area contributed by atoms with Gasteiger partial charge >= 0.3 is 0 Å². The van der Waals surface area contributed by atoms with Crippen LogP contribution in [0.2, 0.25) is 0 Å². The van der Waals surface area contributed by atoms with Crippen LogP contribution in [0.1, 0.15) is 53.1 Å². The van der Waals surface area contributed by atoms with Crippen molar-refractivity contribution in [2.45, 2.75) is 53.0 Å². The molecule has 0 aliphatic carbocycles. The van der Waals surface area contributed by atoms with Gasteiger partial charge in [0.15, 0.2) is 0 Å². The lowest BCUT2D eigenvalue weighted by Crippen LogP contribution is -2.30. The molecule has 2 heterocycles. The molecule has 0 unspecified atom stereocenters. The molecule has 5 nitrogen and oxygen atoms in total. The number of aryl methyl sites for hydroxylation is 3. The maximum Gasteiger partial charge on any atom is 0.257 e. The van der Waals surface area contributed by atoms with Crippen molar-refractivity contribution in [1.29, 1.82) is 0 Å². The maximum absolute atomic E-state index is 13.6. The van der Waals surface area contributed by atoms with E-state index in [1.54, 1.807) is 15.9 Å². The van der Waals surface area contributed by atoms with Gasteiger partial charge in [0, 0.05) is 28.6 Å². The second-order valence-corrected chi connectivity index (χ2v) is 9.46. The first-order valence-corrected chi connectivity index (χ1v) is 12.3. The van der Waals surface area contributed by atoms with Crippen molar-refractivity contribution < 1.29 is 0 Å². The van der Waals surface area contributed by atoms with Crippen molar-refractivity contribution >= 4 is 17.0 Å². The predicted molar refractivity (Wildman–Crippen MR) is 137 cm³/mol. The van der Waals surface area contributed by atoms with E-state index in [0.29, 0.717) is 13.0 Å². The number of unbranched alkanes of at least 4 members (excludes halogenated alkanes) is 1. The van der Waals surface area contributed by atoms with Gasteiger partial charge in [-0.1, -0.05) is 55.8 Å². The largest absolute Gasteiger partial charge is 0.398 e. The maximum atomic E-state index is 13.6. The van der Waals surface area contributed by atoms with Crippen LogP contribution in [0.4, 0.5) is 5.69 Å². The van der Waals surface area contributed by atoms with Gasteiger partial charge in [0.1, 0.15) is 5.82 Å². The zero-order valence-electron chi connectivity index (χ0n) is 19.5. The fourth-order valence-electron chi connectivity index (χ4n) is 4.08. The van der Waals surface area contributed by atoms with Crippen molar-refractivity contribution in [2.75, 3.05) is 5.73 Å². The monoisotopic (exact) mass is 458 g/mol. The van der Waals surface area contributed by atoms with E-state index in [1.807, 2.05) is 43.5 Å². The van der Waals surface area contributed by atoms with Crippen LogP contribution >= 0.6 is 11.3 Å². The van der Waals surface area contributed by atoms with Crippen LogP contribution in [0.5, 0.6) is 0 Å². The standard InChI is InChI=1S/C27H30N4OS/c1-4-5-10-26-24(27(32)31(18(2)29-26)16-22-17-33-19(3)30-22)15-20-11-13-21(14-12-20)23-8-6-7-9-25(23)28/h6-9,11-14,17H,4-5,10,15-16,28H2,1-3H3. The summed E-state index contributed by atoms with van der Waals surface area (Å²) in [6.45, 7) is 6.51. The zero-order chi connectivity index (χ0) is 23.4. The predicted octanol–water partition coefficient (Wildman–Crippen LogP) is 5.55. The summed E-state index contributed by atoms with van der Waals surface area (Å²) < 4.78 is 1.76. The van der Waals surface area contributed by atoms with E-state index in [9.17, 15) is 4.79 Å². The molecule has 0 bridgehead atoms. The Hall–Kier alpha value is -3.25. The number of aromatic nitrogens is 3. The molecule has 0 aliphatic rings. The zero-order valence-corrected chi connectivity index (χ0v) is 20.3. The topological polar surface area (TPSA) is 73.8 Å². The lowest BCUT2D eigenvalue weighted by molar-refractivity contribution is 0.655. The molecular weight excluding hydrogens is 428 g/mol. The van der Waals surface area contributed by atoms with E-state index >= 15 is 0 Å². The number of para-hydroxylation sites is 1. The number of nitrogen functional groups attached to an aromatic ring is 1. The minimum absolute atomic E-state index is 0.0376. The molecule has 170 valence electrons. The van der Waals surface area contributed by atoms with Crippen LogP contribution < -0.4 is 11.3 Å². The van der Waals surface area contributed by atoms with E-state index in [0.717, 1.165) is 69.4 Å². The quantitative estimate of drug-likeness (QED) is 0.352. The fraction of sp³-hybridized carbons (Fsp3) is 0.296. The molecule has 0 fully saturated rings. The smallest absolute Gasteiger partial charge is 0.257 e. The highest BCUT2D eigenvalue weighted by Crippen LogP contribution is 2.26. The van der Waals surface area contributed by atoms with Gasteiger partial charge in [-0.2, -0.15) is 0 Å². The molecule has 2 aromatic carbocycles. The summed E-state index contributed by atoms with van der Waals surface area (Å²) in [4.78, 5) is 23.0. The fourth-order valence-corrected chi connectivity index (χ4v) is 4.68. The highest BCUT2D eigenvalue weighted by atomic mass is 32.1.